The summed E-state index contributed by atoms with van der Waals surface area (Å²) in [6, 6.07) is 6.75. The van der Waals surface area contributed by atoms with Gasteiger partial charge in [0, 0.05) is 11.4 Å². The summed E-state index contributed by atoms with van der Waals surface area (Å²) in [4.78, 5) is 13.8. The van der Waals surface area contributed by atoms with E-state index in [1.54, 1.807) is 29.2 Å². The van der Waals surface area contributed by atoms with E-state index in [-0.39, 0.29) is 24.8 Å². The third-order valence-electron chi connectivity index (χ3n) is 3.13. The molecule has 2 atom stereocenters. The number of nitrogen functional groups attached to an aromatic ring is 1. The van der Waals surface area contributed by atoms with E-state index in [1.165, 1.54) is 0 Å². The number of carbonyl (C=O) groups is 1. The van der Waals surface area contributed by atoms with Crippen LogP contribution in [0, 0.1) is 0 Å². The number of amides is 2. The third-order valence-corrected chi connectivity index (χ3v) is 3.13. The highest BCUT2D eigenvalue weighted by Gasteiger charge is 2.29. The van der Waals surface area contributed by atoms with Crippen molar-refractivity contribution < 1.29 is 14.6 Å². The Bertz CT molecular complexity index is 435. The van der Waals surface area contributed by atoms with E-state index in [1.807, 2.05) is 6.92 Å². The lowest BCUT2D eigenvalue weighted by Crippen LogP contribution is -2.53. The molecule has 6 nitrogen and oxygen atoms in total. The number of rotatable bonds is 2. The first-order valence-electron chi connectivity index (χ1n) is 6.25. The van der Waals surface area contributed by atoms with Crippen LogP contribution in [0.25, 0.3) is 0 Å². The second-order valence-corrected chi connectivity index (χ2v) is 4.69. The number of nitrogens with one attached hydrogen (secondary N) is 1. The molecule has 4 N–H and O–H groups in total. The van der Waals surface area contributed by atoms with Gasteiger partial charge < -0.3 is 25.8 Å². The Morgan fingerprint density at radius 3 is 2.84 bits per heavy atom. The molecular formula is C13H19N3O3. The Morgan fingerprint density at radius 2 is 2.21 bits per heavy atom. The van der Waals surface area contributed by atoms with Crippen LogP contribution >= 0.6 is 0 Å². The fourth-order valence-corrected chi connectivity index (χ4v) is 1.97. The molecule has 0 spiro atoms. The lowest BCUT2D eigenvalue weighted by Gasteiger charge is -2.37. The number of aliphatic hydroxyl groups excluding tert-OH is 1. The van der Waals surface area contributed by atoms with Crippen LogP contribution in [0.2, 0.25) is 0 Å². The number of hydrogen-bond donors (Lipinski definition) is 3. The zero-order chi connectivity index (χ0) is 13.8. The summed E-state index contributed by atoms with van der Waals surface area (Å²) in [7, 11) is 0. The predicted octanol–water partition coefficient (Wildman–Crippen LogP) is 0.882. The van der Waals surface area contributed by atoms with Crippen LogP contribution in [0.5, 0.6) is 0 Å². The minimum absolute atomic E-state index is 0.0171. The number of hydrogen-bond acceptors (Lipinski definition) is 4. The van der Waals surface area contributed by atoms with Crippen LogP contribution in [0.1, 0.15) is 6.92 Å². The highest BCUT2D eigenvalue weighted by atomic mass is 16.5. The molecule has 19 heavy (non-hydrogen) atoms. The predicted molar refractivity (Wildman–Crippen MR) is 72.9 cm³/mol. The van der Waals surface area contributed by atoms with Crippen molar-refractivity contribution in [3.05, 3.63) is 24.3 Å². The van der Waals surface area contributed by atoms with Crippen molar-refractivity contribution in [1.82, 2.24) is 4.90 Å². The van der Waals surface area contributed by atoms with Gasteiger partial charge >= 0.3 is 6.03 Å². The molecule has 6 heteroatoms. The van der Waals surface area contributed by atoms with E-state index in [0.29, 0.717) is 24.5 Å². The molecular weight excluding hydrogens is 246 g/mol. The number of carbonyl (C=O) groups excluding carboxylic acids is 1. The molecule has 1 aromatic rings. The van der Waals surface area contributed by atoms with Crippen LogP contribution in [0.4, 0.5) is 16.2 Å². The third kappa shape index (κ3) is 3.36. The first-order chi connectivity index (χ1) is 9.10. The molecule has 2 amide bonds. The highest BCUT2D eigenvalue weighted by molar-refractivity contribution is 5.89. The number of anilines is 2. The van der Waals surface area contributed by atoms with E-state index in [9.17, 15) is 4.79 Å². The molecule has 1 aliphatic heterocycles. The van der Waals surface area contributed by atoms with Gasteiger partial charge in [-0.2, -0.15) is 0 Å². The lowest BCUT2D eigenvalue weighted by molar-refractivity contribution is -0.0611. The maximum absolute atomic E-state index is 12.2. The lowest BCUT2D eigenvalue weighted by atomic mass is 10.2. The fraction of sp³-hybridized carbons (Fsp3) is 0.462. The van der Waals surface area contributed by atoms with E-state index in [0.717, 1.165) is 0 Å². The van der Waals surface area contributed by atoms with Gasteiger partial charge in [0.2, 0.25) is 0 Å². The maximum atomic E-state index is 12.2. The zero-order valence-corrected chi connectivity index (χ0v) is 10.9. The van der Waals surface area contributed by atoms with E-state index in [4.69, 9.17) is 15.6 Å². The van der Waals surface area contributed by atoms with Crippen molar-refractivity contribution >= 4 is 17.4 Å². The molecule has 0 bridgehead atoms. The van der Waals surface area contributed by atoms with Gasteiger partial charge in [0.1, 0.15) is 0 Å². The molecule has 104 valence electrons. The van der Waals surface area contributed by atoms with Crippen molar-refractivity contribution in [2.45, 2.75) is 19.1 Å². The zero-order valence-electron chi connectivity index (χ0n) is 10.9. The van der Waals surface area contributed by atoms with Crippen LogP contribution in [0.3, 0.4) is 0 Å². The second-order valence-electron chi connectivity index (χ2n) is 4.69. The number of benzene rings is 1. The molecule has 1 aliphatic rings. The van der Waals surface area contributed by atoms with Crippen LogP contribution in [-0.2, 0) is 4.74 Å². The Labute approximate surface area is 112 Å². The smallest absolute Gasteiger partial charge is 0.322 e. The van der Waals surface area contributed by atoms with Crippen LogP contribution in [0.15, 0.2) is 24.3 Å². The van der Waals surface area contributed by atoms with Crippen molar-refractivity contribution in [3.63, 3.8) is 0 Å². The first kappa shape index (κ1) is 13.6. The van der Waals surface area contributed by atoms with Gasteiger partial charge in [-0.25, -0.2) is 4.79 Å². The van der Waals surface area contributed by atoms with E-state index >= 15 is 0 Å². The Kier molecular flexibility index (Phi) is 4.24. The Morgan fingerprint density at radius 1 is 1.53 bits per heavy atom. The Hall–Kier alpha value is -1.79. The van der Waals surface area contributed by atoms with Crippen molar-refractivity contribution in [2.24, 2.45) is 0 Å². The van der Waals surface area contributed by atoms with Gasteiger partial charge in [-0.05, 0) is 31.2 Å². The summed E-state index contributed by atoms with van der Waals surface area (Å²) in [5.74, 6) is 0. The summed E-state index contributed by atoms with van der Waals surface area (Å²) in [5.41, 5.74) is 6.94. The Balaban J connectivity index is 2.00. The largest absolute Gasteiger partial charge is 0.399 e. The van der Waals surface area contributed by atoms with Crippen molar-refractivity contribution in [1.29, 1.82) is 0 Å². The summed E-state index contributed by atoms with van der Waals surface area (Å²) >= 11 is 0. The minimum Gasteiger partial charge on any atom is -0.399 e. The van der Waals surface area contributed by atoms with Gasteiger partial charge in [0.05, 0.1) is 31.9 Å². The van der Waals surface area contributed by atoms with Gasteiger partial charge in [0.25, 0.3) is 0 Å². The van der Waals surface area contributed by atoms with Crippen LogP contribution in [-0.4, -0.2) is 47.9 Å². The number of nitrogens with zero attached hydrogens (tertiary/aromatic N) is 1. The van der Waals surface area contributed by atoms with Gasteiger partial charge in [-0.3, -0.25) is 0 Å². The molecule has 2 rings (SSSR count). The molecule has 2 unspecified atom stereocenters. The monoisotopic (exact) mass is 265 g/mol. The number of aliphatic hydroxyl groups is 1. The number of nitrogens with two attached hydrogens (primary N) is 1. The van der Waals surface area contributed by atoms with Crippen LogP contribution < -0.4 is 11.1 Å². The highest BCUT2D eigenvalue weighted by Crippen LogP contribution is 2.15. The van der Waals surface area contributed by atoms with Gasteiger partial charge in [0.15, 0.2) is 0 Å². The number of urea groups is 1. The standard InChI is InChI=1S/C13H19N3O3/c1-9-8-19-12(7-17)6-16(9)13(18)15-11-4-2-10(14)3-5-11/h2-5,9,12,17H,6-8,14H2,1H3,(H,15,18). The number of ether oxygens (including phenoxy) is 1. The first-order valence-corrected chi connectivity index (χ1v) is 6.25. The summed E-state index contributed by atoms with van der Waals surface area (Å²) in [6.07, 6.45) is -0.312. The molecule has 1 fully saturated rings. The average Bonchev–Trinajstić information content (AvgIpc) is 2.42. The summed E-state index contributed by atoms with van der Waals surface area (Å²) in [6.45, 7) is 2.65. The molecule has 1 saturated heterocycles. The molecule has 0 saturated carbocycles. The fourth-order valence-electron chi connectivity index (χ4n) is 1.97. The average molecular weight is 265 g/mol. The van der Waals surface area contributed by atoms with E-state index < -0.39 is 0 Å². The quantitative estimate of drug-likeness (QED) is 0.693. The summed E-state index contributed by atoms with van der Waals surface area (Å²) in [5, 5.41) is 11.9. The minimum atomic E-state index is -0.312. The van der Waals surface area contributed by atoms with Crippen molar-refractivity contribution in [2.75, 3.05) is 30.8 Å². The SMILES string of the molecule is CC1COC(CO)CN1C(=O)Nc1ccc(N)cc1. The second kappa shape index (κ2) is 5.90. The van der Waals surface area contributed by atoms with Gasteiger partial charge in [-0.15, -0.1) is 0 Å². The molecule has 1 aromatic carbocycles. The van der Waals surface area contributed by atoms with Gasteiger partial charge in [-0.1, -0.05) is 0 Å². The number of morpholine rings is 1. The van der Waals surface area contributed by atoms with Crippen molar-refractivity contribution in [3.8, 4) is 0 Å². The molecule has 0 radical (unpaired) electrons. The molecule has 1 heterocycles. The molecule has 0 aromatic heterocycles. The molecule has 0 aliphatic carbocycles. The summed E-state index contributed by atoms with van der Waals surface area (Å²) < 4.78 is 5.40. The van der Waals surface area contributed by atoms with E-state index in [2.05, 4.69) is 5.32 Å². The normalized spacial score (nSPS) is 23.2. The topological polar surface area (TPSA) is 87.8 Å². The maximum Gasteiger partial charge on any atom is 0.322 e.